The predicted molar refractivity (Wildman–Crippen MR) is 171 cm³/mol. The Morgan fingerprint density at radius 1 is 0.733 bits per heavy atom. The number of nitrogens with zero attached hydrogens (tertiary/aromatic N) is 1. The number of ketones is 4. The van der Waals surface area contributed by atoms with Gasteiger partial charge in [-0.05, 0) is 26.0 Å². The molecule has 246 valence electrons. The molecule has 0 atom stereocenters. The van der Waals surface area contributed by atoms with E-state index in [-0.39, 0.29) is 93.5 Å². The van der Waals surface area contributed by atoms with E-state index in [9.17, 15) is 24.0 Å². The van der Waals surface area contributed by atoms with Crippen LogP contribution in [0.3, 0.4) is 0 Å². The molecule has 2 rings (SSSR count). The molecular weight excluding hydrogens is 576 g/mol. The highest BCUT2D eigenvalue weighted by Crippen LogP contribution is 2.21. The molecule has 0 bridgehead atoms. The quantitative estimate of drug-likeness (QED) is 0.158. The fourth-order valence-electron chi connectivity index (χ4n) is 4.16. The zero-order valence-electron chi connectivity index (χ0n) is 27.7. The van der Waals surface area contributed by atoms with Gasteiger partial charge >= 0.3 is 0 Å². The van der Waals surface area contributed by atoms with E-state index in [2.05, 4.69) is 10.3 Å². The number of aromatic nitrogens is 1. The van der Waals surface area contributed by atoms with Crippen molar-refractivity contribution in [2.75, 3.05) is 39.6 Å². The van der Waals surface area contributed by atoms with E-state index >= 15 is 0 Å². The Labute approximate surface area is 266 Å². The lowest BCUT2D eigenvalue weighted by Crippen LogP contribution is -2.58. The molecule has 1 heterocycles. The third-order valence-corrected chi connectivity index (χ3v) is 7.04. The largest absolute Gasteiger partial charge is 0.378 e. The van der Waals surface area contributed by atoms with Crippen molar-refractivity contribution in [3.63, 3.8) is 0 Å². The molecule has 1 aromatic carbocycles. The molecule has 0 saturated carbocycles. The number of carbonyl (C=O) groups excluding carboxylic acids is 5. The van der Waals surface area contributed by atoms with Crippen molar-refractivity contribution in [3.05, 3.63) is 53.7 Å². The molecule has 0 aliphatic heterocycles. The summed E-state index contributed by atoms with van der Waals surface area (Å²) in [5, 5.41) is 2.98. The molecule has 1 aromatic heterocycles. The molecule has 0 aliphatic carbocycles. The van der Waals surface area contributed by atoms with Gasteiger partial charge in [-0.15, -0.1) is 0 Å². The Kier molecular flexibility index (Phi) is 14.8. The summed E-state index contributed by atoms with van der Waals surface area (Å²) in [6.45, 7) is 12.5. The number of hydrogen-bond donors (Lipinski definition) is 1. The molecule has 0 saturated heterocycles. The molecule has 0 radical (unpaired) electrons. The average Bonchev–Trinajstić information content (AvgIpc) is 2.98. The van der Waals surface area contributed by atoms with E-state index in [4.69, 9.17) is 14.2 Å². The molecule has 1 N–H and O–H groups in total. The van der Waals surface area contributed by atoms with E-state index < -0.39 is 16.9 Å². The Balaban J connectivity index is 2.25. The van der Waals surface area contributed by atoms with Gasteiger partial charge in [-0.3, -0.25) is 29.0 Å². The fraction of sp³-hybridized carbons (Fsp3) is 0.543. The monoisotopic (exact) mass is 624 g/mol. The Bertz CT molecular complexity index is 1270. The molecule has 10 nitrogen and oxygen atoms in total. The van der Waals surface area contributed by atoms with Crippen molar-refractivity contribution in [2.45, 2.75) is 73.3 Å². The summed E-state index contributed by atoms with van der Waals surface area (Å²) >= 11 is 0. The summed E-state index contributed by atoms with van der Waals surface area (Å²) < 4.78 is 17.5. The first kappa shape index (κ1) is 37.6. The lowest BCUT2D eigenvalue weighted by molar-refractivity contribution is -0.127. The fourth-order valence-corrected chi connectivity index (χ4v) is 4.16. The van der Waals surface area contributed by atoms with E-state index in [1.165, 1.54) is 20.0 Å². The topological polar surface area (TPSA) is 138 Å². The standard InChI is InChI=1S/C35H48N2O8/c1-24(2)32(41)28-10-8-27(9-11-28)30-13-12-29(20-36-30)33(42)37-35(21-43-17-14-25(3)38,22-44-18-15-26(4)39)23-45-19-16-31(40)34(5,6)7/h8-13,20,24H,14-19,21-23H2,1-7H3,(H,37,42). The SMILES string of the molecule is CC(=O)CCOCC(COCCC(C)=O)(COCCC(=O)C(C)(C)C)NC(=O)c1ccc(-c2ccc(C(=O)C(C)C)cc2)nc1. The van der Waals surface area contributed by atoms with Crippen molar-refractivity contribution in [1.82, 2.24) is 10.3 Å². The zero-order chi connectivity index (χ0) is 33.6. The van der Waals surface area contributed by atoms with Crippen LogP contribution in [-0.4, -0.2) is 79.2 Å². The molecule has 45 heavy (non-hydrogen) atoms. The summed E-state index contributed by atoms with van der Waals surface area (Å²) in [7, 11) is 0. The number of hydrogen-bond acceptors (Lipinski definition) is 9. The zero-order valence-corrected chi connectivity index (χ0v) is 27.7. The van der Waals surface area contributed by atoms with Gasteiger partial charge in [-0.1, -0.05) is 58.9 Å². The minimum Gasteiger partial charge on any atom is -0.378 e. The van der Waals surface area contributed by atoms with Gasteiger partial charge in [0.25, 0.3) is 5.91 Å². The summed E-state index contributed by atoms with van der Waals surface area (Å²) in [5.41, 5.74) is 0.646. The highest BCUT2D eigenvalue weighted by atomic mass is 16.5. The summed E-state index contributed by atoms with van der Waals surface area (Å²) in [6, 6.07) is 10.5. The van der Waals surface area contributed by atoms with Gasteiger partial charge in [-0.2, -0.15) is 0 Å². The van der Waals surface area contributed by atoms with E-state index in [1.807, 2.05) is 46.8 Å². The molecule has 10 heteroatoms. The van der Waals surface area contributed by atoms with Crippen LogP contribution in [0.25, 0.3) is 11.3 Å². The second-order valence-electron chi connectivity index (χ2n) is 12.7. The average molecular weight is 625 g/mol. The molecule has 1 amide bonds. The van der Waals surface area contributed by atoms with Gasteiger partial charge in [0.1, 0.15) is 22.9 Å². The van der Waals surface area contributed by atoms with Crippen LogP contribution in [0.1, 0.15) is 88.4 Å². The minimum absolute atomic E-state index is 0.0354. The second-order valence-corrected chi connectivity index (χ2v) is 12.7. The van der Waals surface area contributed by atoms with Crippen molar-refractivity contribution < 1.29 is 38.2 Å². The van der Waals surface area contributed by atoms with Crippen LogP contribution in [0.4, 0.5) is 0 Å². The number of carbonyl (C=O) groups is 5. The minimum atomic E-state index is -1.19. The first-order valence-corrected chi connectivity index (χ1v) is 15.3. The van der Waals surface area contributed by atoms with E-state index in [0.29, 0.717) is 11.3 Å². The Morgan fingerprint density at radius 2 is 1.22 bits per heavy atom. The van der Waals surface area contributed by atoms with E-state index in [1.54, 1.807) is 24.3 Å². The van der Waals surface area contributed by atoms with E-state index in [0.717, 1.165) is 5.56 Å². The van der Waals surface area contributed by atoms with Crippen LogP contribution in [0.5, 0.6) is 0 Å². The van der Waals surface area contributed by atoms with Crippen LogP contribution in [0.15, 0.2) is 42.6 Å². The first-order chi connectivity index (χ1) is 21.1. The third-order valence-electron chi connectivity index (χ3n) is 7.04. The molecule has 0 unspecified atom stereocenters. The lowest BCUT2D eigenvalue weighted by atomic mass is 9.89. The third kappa shape index (κ3) is 13.1. The van der Waals surface area contributed by atoms with Gasteiger partial charge in [-0.25, -0.2) is 0 Å². The number of ether oxygens (including phenoxy) is 3. The van der Waals surface area contributed by atoms with Gasteiger partial charge in [0, 0.05) is 47.9 Å². The molecule has 0 fully saturated rings. The van der Waals surface area contributed by atoms with Crippen LogP contribution in [-0.2, 0) is 28.6 Å². The number of rotatable bonds is 20. The second kappa shape index (κ2) is 17.8. The highest BCUT2D eigenvalue weighted by molar-refractivity contribution is 5.98. The van der Waals surface area contributed by atoms with Crippen LogP contribution < -0.4 is 5.32 Å². The smallest absolute Gasteiger partial charge is 0.253 e. The number of Topliss-reactive ketones (excluding diaryl/α,β-unsaturated/α-hetero) is 4. The highest BCUT2D eigenvalue weighted by Gasteiger charge is 2.34. The molecular formula is C35H48N2O8. The van der Waals surface area contributed by atoms with Crippen LogP contribution >= 0.6 is 0 Å². The molecule has 0 spiro atoms. The predicted octanol–water partition coefficient (Wildman–Crippen LogP) is 5.07. The Hall–Kier alpha value is -3.60. The number of amides is 1. The van der Waals surface area contributed by atoms with Gasteiger partial charge in [0.15, 0.2) is 5.78 Å². The summed E-state index contributed by atoms with van der Waals surface area (Å²) in [5.74, 6) is -0.524. The number of nitrogens with one attached hydrogen (secondary N) is 1. The van der Waals surface area contributed by atoms with Crippen molar-refractivity contribution in [1.29, 1.82) is 0 Å². The van der Waals surface area contributed by atoms with Gasteiger partial charge in [0.2, 0.25) is 0 Å². The van der Waals surface area contributed by atoms with Crippen LogP contribution in [0.2, 0.25) is 0 Å². The van der Waals surface area contributed by atoms with Crippen LogP contribution in [0, 0.1) is 11.3 Å². The van der Waals surface area contributed by atoms with Gasteiger partial charge < -0.3 is 19.5 Å². The maximum absolute atomic E-state index is 13.5. The lowest BCUT2D eigenvalue weighted by Gasteiger charge is -2.34. The normalized spacial score (nSPS) is 11.8. The maximum atomic E-state index is 13.5. The Morgan fingerprint density at radius 3 is 1.64 bits per heavy atom. The summed E-state index contributed by atoms with van der Waals surface area (Å²) in [6.07, 6.45) is 2.06. The number of benzene rings is 1. The summed E-state index contributed by atoms with van der Waals surface area (Å²) in [4.78, 5) is 65.6. The maximum Gasteiger partial charge on any atom is 0.253 e. The van der Waals surface area contributed by atoms with Crippen molar-refractivity contribution >= 4 is 29.0 Å². The molecule has 2 aromatic rings. The molecule has 0 aliphatic rings. The van der Waals surface area contributed by atoms with Crippen molar-refractivity contribution in [3.8, 4) is 11.3 Å². The van der Waals surface area contributed by atoms with Crippen molar-refractivity contribution in [2.24, 2.45) is 11.3 Å². The first-order valence-electron chi connectivity index (χ1n) is 15.3. The number of pyridine rings is 1. The van der Waals surface area contributed by atoms with Gasteiger partial charge in [0.05, 0.1) is 50.9 Å².